The van der Waals surface area contributed by atoms with E-state index in [2.05, 4.69) is 6.92 Å². The molecule has 1 nitrogen and oxygen atoms in total. The van der Waals surface area contributed by atoms with E-state index in [1.54, 1.807) is 6.07 Å². The van der Waals surface area contributed by atoms with Gasteiger partial charge in [-0.15, -0.1) is 0 Å². The number of hydrogen-bond donors (Lipinski definition) is 1. The number of hydrogen-bond acceptors (Lipinski definition) is 1. The number of aliphatic hydroxyl groups is 1. The minimum Gasteiger partial charge on any atom is -0.385 e. The molecule has 15 heavy (non-hydrogen) atoms. The average molecular weight is 208 g/mol. The molecule has 1 aromatic rings. The highest BCUT2D eigenvalue weighted by Crippen LogP contribution is 2.39. The van der Waals surface area contributed by atoms with Gasteiger partial charge < -0.3 is 5.11 Å². The predicted octanol–water partition coefficient (Wildman–Crippen LogP) is 3.22. The summed E-state index contributed by atoms with van der Waals surface area (Å²) in [6, 6.07) is 6.36. The first kappa shape index (κ1) is 10.6. The zero-order valence-electron chi connectivity index (χ0n) is 9.04. The van der Waals surface area contributed by atoms with Gasteiger partial charge in [-0.1, -0.05) is 25.5 Å². The average Bonchev–Trinajstić information content (AvgIpc) is 2.17. The Bertz CT molecular complexity index is 350. The van der Waals surface area contributed by atoms with Gasteiger partial charge in [0.15, 0.2) is 0 Å². The lowest BCUT2D eigenvalue weighted by Gasteiger charge is -2.36. The molecule has 82 valence electrons. The summed E-state index contributed by atoms with van der Waals surface area (Å²) in [7, 11) is 0. The molecule has 1 N–H and O–H groups in total. The smallest absolute Gasteiger partial charge is 0.123 e. The maximum Gasteiger partial charge on any atom is 0.123 e. The third-order valence-electron chi connectivity index (χ3n) is 3.34. The van der Waals surface area contributed by atoms with Crippen LogP contribution in [0.3, 0.4) is 0 Å². The summed E-state index contributed by atoms with van der Waals surface area (Å²) < 4.78 is 13.1. The van der Waals surface area contributed by atoms with E-state index in [-0.39, 0.29) is 5.82 Å². The van der Waals surface area contributed by atoms with Gasteiger partial charge in [0.1, 0.15) is 5.82 Å². The Balaban J connectivity index is 2.28. The second-order valence-corrected chi connectivity index (χ2v) is 4.74. The minimum atomic E-state index is -0.806. The van der Waals surface area contributed by atoms with Crippen molar-refractivity contribution in [1.29, 1.82) is 0 Å². The maximum atomic E-state index is 13.1. The molecular weight excluding hydrogens is 191 g/mol. The second kappa shape index (κ2) is 3.93. The molecule has 0 amide bonds. The van der Waals surface area contributed by atoms with Gasteiger partial charge in [-0.3, -0.25) is 0 Å². The monoisotopic (exact) mass is 208 g/mol. The van der Waals surface area contributed by atoms with Crippen LogP contribution in [0.4, 0.5) is 4.39 Å². The normalized spacial score (nSPS) is 31.5. The van der Waals surface area contributed by atoms with Gasteiger partial charge in [0, 0.05) is 0 Å². The summed E-state index contributed by atoms with van der Waals surface area (Å²) in [5, 5.41) is 10.5. The van der Waals surface area contributed by atoms with Crippen molar-refractivity contribution in [2.45, 2.75) is 38.2 Å². The molecule has 0 saturated heterocycles. The standard InChI is InChI=1S/C13H17FO/c1-10-4-3-7-13(15,9-10)11-5-2-6-12(14)8-11/h2,5-6,8,10,15H,3-4,7,9H2,1H3/t10-,13+/m0/s1. The molecule has 1 aliphatic carbocycles. The van der Waals surface area contributed by atoms with E-state index in [1.807, 2.05) is 6.07 Å². The Morgan fingerprint density at radius 1 is 1.47 bits per heavy atom. The zero-order chi connectivity index (χ0) is 10.9. The van der Waals surface area contributed by atoms with Crippen LogP contribution in [0.2, 0.25) is 0 Å². The van der Waals surface area contributed by atoms with E-state index in [9.17, 15) is 9.50 Å². The molecule has 0 heterocycles. The highest BCUT2D eigenvalue weighted by Gasteiger charge is 2.34. The molecule has 2 atom stereocenters. The Hall–Kier alpha value is -0.890. The molecule has 1 aromatic carbocycles. The Labute approximate surface area is 89.9 Å². The van der Waals surface area contributed by atoms with Crippen molar-refractivity contribution < 1.29 is 9.50 Å². The van der Waals surface area contributed by atoms with E-state index in [1.165, 1.54) is 12.1 Å². The van der Waals surface area contributed by atoms with Crippen molar-refractivity contribution in [1.82, 2.24) is 0 Å². The number of halogens is 1. The molecule has 2 heteroatoms. The molecule has 0 radical (unpaired) electrons. The third kappa shape index (κ3) is 2.20. The summed E-state index contributed by atoms with van der Waals surface area (Å²) in [4.78, 5) is 0. The minimum absolute atomic E-state index is 0.265. The van der Waals surface area contributed by atoms with Gasteiger partial charge in [-0.25, -0.2) is 4.39 Å². The number of rotatable bonds is 1. The van der Waals surface area contributed by atoms with E-state index in [4.69, 9.17) is 0 Å². The Morgan fingerprint density at radius 3 is 2.93 bits per heavy atom. The lowest BCUT2D eigenvalue weighted by atomic mass is 9.75. The van der Waals surface area contributed by atoms with Crippen LogP contribution in [0, 0.1) is 11.7 Å². The van der Waals surface area contributed by atoms with Crippen molar-refractivity contribution >= 4 is 0 Å². The van der Waals surface area contributed by atoms with Crippen LogP contribution in [0.1, 0.15) is 38.2 Å². The van der Waals surface area contributed by atoms with Gasteiger partial charge >= 0.3 is 0 Å². The van der Waals surface area contributed by atoms with Crippen LogP contribution in [0.15, 0.2) is 24.3 Å². The van der Waals surface area contributed by atoms with Gasteiger partial charge in [0.25, 0.3) is 0 Å². The zero-order valence-corrected chi connectivity index (χ0v) is 9.04. The molecule has 0 aromatic heterocycles. The lowest BCUT2D eigenvalue weighted by molar-refractivity contribution is -0.0181. The summed E-state index contributed by atoms with van der Waals surface area (Å²) in [6.45, 7) is 2.14. The summed E-state index contributed by atoms with van der Waals surface area (Å²) in [5.41, 5.74) is -0.0752. The van der Waals surface area contributed by atoms with Crippen molar-refractivity contribution in [3.63, 3.8) is 0 Å². The first-order valence-corrected chi connectivity index (χ1v) is 5.58. The third-order valence-corrected chi connectivity index (χ3v) is 3.34. The maximum absolute atomic E-state index is 13.1. The highest BCUT2D eigenvalue weighted by atomic mass is 19.1. The fourth-order valence-corrected chi connectivity index (χ4v) is 2.56. The molecular formula is C13H17FO. The van der Waals surface area contributed by atoms with Crippen LogP contribution < -0.4 is 0 Å². The van der Waals surface area contributed by atoms with E-state index < -0.39 is 5.60 Å². The Morgan fingerprint density at radius 2 is 2.27 bits per heavy atom. The molecule has 0 aliphatic heterocycles. The lowest BCUT2D eigenvalue weighted by Crippen LogP contribution is -2.31. The van der Waals surface area contributed by atoms with Crippen molar-refractivity contribution in [3.05, 3.63) is 35.6 Å². The quantitative estimate of drug-likeness (QED) is 0.751. The van der Waals surface area contributed by atoms with Crippen LogP contribution in [-0.4, -0.2) is 5.11 Å². The largest absolute Gasteiger partial charge is 0.385 e. The molecule has 0 bridgehead atoms. The molecule has 1 fully saturated rings. The molecule has 2 rings (SSSR count). The van der Waals surface area contributed by atoms with Crippen molar-refractivity contribution in [2.75, 3.05) is 0 Å². The fraction of sp³-hybridized carbons (Fsp3) is 0.538. The van der Waals surface area contributed by atoms with Gasteiger partial charge in [0.05, 0.1) is 5.60 Å². The van der Waals surface area contributed by atoms with E-state index in [0.29, 0.717) is 5.92 Å². The first-order chi connectivity index (χ1) is 7.10. The highest BCUT2D eigenvalue weighted by molar-refractivity contribution is 5.23. The fourth-order valence-electron chi connectivity index (χ4n) is 2.56. The van der Waals surface area contributed by atoms with Crippen LogP contribution in [-0.2, 0) is 5.60 Å². The van der Waals surface area contributed by atoms with E-state index >= 15 is 0 Å². The SMILES string of the molecule is C[C@H]1CCC[C@](O)(c2cccc(F)c2)C1. The van der Waals surface area contributed by atoms with E-state index in [0.717, 1.165) is 31.2 Å². The van der Waals surface area contributed by atoms with Crippen LogP contribution in [0.5, 0.6) is 0 Å². The van der Waals surface area contributed by atoms with Crippen molar-refractivity contribution in [3.8, 4) is 0 Å². The summed E-state index contributed by atoms with van der Waals surface area (Å²) >= 11 is 0. The Kier molecular flexibility index (Phi) is 2.79. The van der Waals surface area contributed by atoms with Crippen LogP contribution >= 0.6 is 0 Å². The van der Waals surface area contributed by atoms with Gasteiger partial charge in [-0.05, 0) is 42.9 Å². The number of benzene rings is 1. The molecule has 1 saturated carbocycles. The summed E-state index contributed by atoms with van der Waals surface area (Å²) in [5.74, 6) is 0.256. The first-order valence-electron chi connectivity index (χ1n) is 5.58. The van der Waals surface area contributed by atoms with Crippen molar-refractivity contribution in [2.24, 2.45) is 5.92 Å². The molecule has 0 unspecified atom stereocenters. The predicted molar refractivity (Wildman–Crippen MR) is 57.9 cm³/mol. The summed E-state index contributed by atoms with van der Waals surface area (Å²) in [6.07, 6.45) is 3.68. The molecule has 0 spiro atoms. The van der Waals surface area contributed by atoms with Gasteiger partial charge in [0.2, 0.25) is 0 Å². The van der Waals surface area contributed by atoms with Crippen LogP contribution in [0.25, 0.3) is 0 Å². The second-order valence-electron chi connectivity index (χ2n) is 4.74. The van der Waals surface area contributed by atoms with Gasteiger partial charge in [-0.2, -0.15) is 0 Å². The topological polar surface area (TPSA) is 20.2 Å². The molecule has 1 aliphatic rings.